The molecule has 0 radical (unpaired) electrons. The molecule has 0 aromatic heterocycles. The number of nitrogens with two attached hydrogens (primary N) is 3. The number of aliphatic imine (C=N–C) groups is 1. The smallest absolute Gasteiger partial charge is 0.275 e. The summed E-state index contributed by atoms with van der Waals surface area (Å²) in [4.78, 5) is 15.4. The van der Waals surface area contributed by atoms with E-state index in [0.29, 0.717) is 16.7 Å². The van der Waals surface area contributed by atoms with Crippen molar-refractivity contribution in [2.75, 3.05) is 0 Å². The summed E-state index contributed by atoms with van der Waals surface area (Å²) in [6, 6.07) is 10.0. The number of rotatable bonds is 4. The van der Waals surface area contributed by atoms with Crippen LogP contribution in [0.1, 0.15) is 23.6 Å². The number of nitrogens with one attached hydrogen (secondary N) is 1. The number of halogens is 1. The number of nitrogens with zero attached hydrogens (tertiary/aromatic N) is 1. The molecule has 0 aliphatic heterocycles. The van der Waals surface area contributed by atoms with Crippen LogP contribution in [0, 0.1) is 18.2 Å². The molecule has 0 spiro atoms. The van der Waals surface area contributed by atoms with E-state index in [0.717, 1.165) is 11.1 Å². The van der Waals surface area contributed by atoms with Gasteiger partial charge in [-0.05, 0) is 48.7 Å². The number of aryl methyl sites for hydroxylation is 1. The van der Waals surface area contributed by atoms with Gasteiger partial charge in [-0.1, -0.05) is 29.8 Å². The van der Waals surface area contributed by atoms with Crippen molar-refractivity contribution in [1.29, 1.82) is 5.41 Å². The number of hydrogen-bond acceptors (Lipinski definition) is 2. The van der Waals surface area contributed by atoms with Gasteiger partial charge in [0.2, 0.25) is 0 Å². The zero-order valence-corrected chi connectivity index (χ0v) is 14.5. The van der Waals surface area contributed by atoms with Crippen LogP contribution < -0.4 is 17.2 Å². The average Bonchev–Trinajstić information content (AvgIpc) is 2.55. The lowest BCUT2D eigenvalue weighted by atomic mass is 9.95. The third kappa shape index (κ3) is 4.32. The molecular formula is C19H20FN5O. The minimum Gasteiger partial charge on any atom is -0.384 e. The quantitative estimate of drug-likeness (QED) is 0.381. The Labute approximate surface area is 150 Å². The molecule has 7 N–H and O–H groups in total. The maximum absolute atomic E-state index is 14.2. The number of nitrogen functional groups attached to an aromatic ring is 1. The van der Waals surface area contributed by atoms with Crippen LogP contribution in [0.2, 0.25) is 0 Å². The number of benzene rings is 2. The first-order valence-corrected chi connectivity index (χ1v) is 7.76. The van der Waals surface area contributed by atoms with Crippen LogP contribution in [0.25, 0.3) is 17.2 Å². The summed E-state index contributed by atoms with van der Waals surface area (Å²) in [5, 5.41) is 7.38. The molecule has 0 saturated carbocycles. The summed E-state index contributed by atoms with van der Waals surface area (Å²) in [6.45, 7) is 3.51. The summed E-state index contributed by atoms with van der Waals surface area (Å²) < 4.78 is 14.2. The molecule has 0 saturated heterocycles. The highest BCUT2D eigenvalue weighted by molar-refractivity contribution is 6.04. The topological polar surface area (TPSA) is 131 Å². The molecular weight excluding hydrogens is 333 g/mol. The fourth-order valence-electron chi connectivity index (χ4n) is 2.45. The second-order valence-electron chi connectivity index (χ2n) is 5.87. The molecule has 0 unspecified atom stereocenters. The van der Waals surface area contributed by atoms with Crippen LogP contribution in [0.4, 0.5) is 4.39 Å². The molecule has 0 heterocycles. The third-order valence-electron chi connectivity index (χ3n) is 3.72. The molecule has 0 aliphatic rings. The summed E-state index contributed by atoms with van der Waals surface area (Å²) in [5.74, 6) is -1.78. The maximum atomic E-state index is 14.2. The fourth-order valence-corrected chi connectivity index (χ4v) is 2.45. The number of carbonyl (C=O) groups is 1. The van der Waals surface area contributed by atoms with E-state index >= 15 is 0 Å². The van der Waals surface area contributed by atoms with Crippen molar-refractivity contribution >= 4 is 23.8 Å². The Hall–Kier alpha value is -3.48. The minimum atomic E-state index is -0.584. The van der Waals surface area contributed by atoms with Gasteiger partial charge in [-0.15, -0.1) is 0 Å². The van der Waals surface area contributed by atoms with E-state index in [4.69, 9.17) is 22.6 Å². The second-order valence-corrected chi connectivity index (χ2v) is 5.87. The Morgan fingerprint density at radius 1 is 1.15 bits per heavy atom. The van der Waals surface area contributed by atoms with Gasteiger partial charge in [0.05, 0.1) is 5.56 Å². The van der Waals surface area contributed by atoms with E-state index in [1.54, 1.807) is 19.1 Å². The highest BCUT2D eigenvalue weighted by Gasteiger charge is 2.11. The van der Waals surface area contributed by atoms with Gasteiger partial charge in [0.15, 0.2) is 5.96 Å². The monoisotopic (exact) mass is 353 g/mol. The van der Waals surface area contributed by atoms with Gasteiger partial charge in [-0.3, -0.25) is 10.2 Å². The highest BCUT2D eigenvalue weighted by Crippen LogP contribution is 2.28. The molecule has 26 heavy (non-hydrogen) atoms. The zero-order chi connectivity index (χ0) is 19.4. The van der Waals surface area contributed by atoms with Crippen LogP contribution in [0.3, 0.4) is 0 Å². The van der Waals surface area contributed by atoms with Crippen molar-refractivity contribution in [3.8, 4) is 11.1 Å². The van der Waals surface area contributed by atoms with E-state index in [1.807, 2.05) is 25.1 Å². The number of hydrogen-bond donors (Lipinski definition) is 4. The fraction of sp³-hybridized carbons (Fsp3) is 0.105. The molecule has 0 fully saturated rings. The van der Waals surface area contributed by atoms with Crippen molar-refractivity contribution in [1.82, 2.24) is 0 Å². The molecule has 2 aromatic carbocycles. The standard InChI is InChI=1S/C19H20FN5O/c1-10-3-4-12(8-11(2)18(26)25-19(23)24)15(7-10)13-5-6-14(17(21)22)16(20)9-13/h3-9H,1-2H3,(H3,21,22)(H4,23,24,25,26). The summed E-state index contributed by atoms with van der Waals surface area (Å²) >= 11 is 0. The van der Waals surface area contributed by atoms with Gasteiger partial charge < -0.3 is 17.2 Å². The molecule has 134 valence electrons. The lowest BCUT2D eigenvalue weighted by Crippen LogP contribution is -2.24. The molecule has 0 bridgehead atoms. The Morgan fingerprint density at radius 2 is 1.85 bits per heavy atom. The predicted octanol–water partition coefficient (Wildman–Crippen LogP) is 2.29. The van der Waals surface area contributed by atoms with Crippen molar-refractivity contribution in [2.45, 2.75) is 13.8 Å². The molecule has 7 heteroatoms. The average molecular weight is 353 g/mol. The summed E-state index contributed by atoms with van der Waals surface area (Å²) in [5.41, 5.74) is 19.2. The zero-order valence-electron chi connectivity index (χ0n) is 14.5. The first kappa shape index (κ1) is 18.9. The van der Waals surface area contributed by atoms with Crippen molar-refractivity contribution in [3.63, 3.8) is 0 Å². The first-order valence-electron chi connectivity index (χ1n) is 7.76. The second kappa shape index (κ2) is 7.60. The predicted molar refractivity (Wildman–Crippen MR) is 102 cm³/mol. The Kier molecular flexibility index (Phi) is 5.51. The van der Waals surface area contributed by atoms with Crippen LogP contribution in [0.15, 0.2) is 47.0 Å². The number of guanidine groups is 1. The number of amides is 1. The van der Waals surface area contributed by atoms with Crippen LogP contribution >= 0.6 is 0 Å². The van der Waals surface area contributed by atoms with Gasteiger partial charge in [0.1, 0.15) is 11.7 Å². The molecule has 2 aromatic rings. The largest absolute Gasteiger partial charge is 0.384 e. The third-order valence-corrected chi connectivity index (χ3v) is 3.72. The molecule has 1 amide bonds. The Balaban J connectivity index is 2.56. The normalized spacial score (nSPS) is 11.1. The van der Waals surface area contributed by atoms with Gasteiger partial charge >= 0.3 is 0 Å². The SMILES string of the molecule is CC(=Cc1ccc(C)cc1-c1ccc(C(=N)N)c(F)c1)C(=O)N=C(N)N. The number of carbonyl (C=O) groups excluding carboxylic acids is 1. The highest BCUT2D eigenvalue weighted by atomic mass is 19.1. The van der Waals surface area contributed by atoms with E-state index in [2.05, 4.69) is 4.99 Å². The van der Waals surface area contributed by atoms with Gasteiger partial charge in [0.25, 0.3) is 5.91 Å². The van der Waals surface area contributed by atoms with E-state index in [9.17, 15) is 9.18 Å². The first-order chi connectivity index (χ1) is 12.2. The van der Waals surface area contributed by atoms with E-state index in [1.165, 1.54) is 12.1 Å². The van der Waals surface area contributed by atoms with Crippen LogP contribution in [0.5, 0.6) is 0 Å². The van der Waals surface area contributed by atoms with Gasteiger partial charge in [-0.25, -0.2) is 4.39 Å². The molecule has 0 atom stereocenters. The van der Waals surface area contributed by atoms with E-state index < -0.39 is 11.7 Å². The molecule has 2 rings (SSSR count). The Morgan fingerprint density at radius 3 is 2.42 bits per heavy atom. The van der Waals surface area contributed by atoms with Crippen LogP contribution in [-0.2, 0) is 4.79 Å². The van der Waals surface area contributed by atoms with Crippen molar-refractivity contribution in [3.05, 3.63) is 64.5 Å². The lowest BCUT2D eigenvalue weighted by Gasteiger charge is -2.10. The Bertz CT molecular complexity index is 943. The molecule has 0 aliphatic carbocycles. The lowest BCUT2D eigenvalue weighted by molar-refractivity contribution is -0.114. The van der Waals surface area contributed by atoms with Gasteiger partial charge in [0, 0.05) is 5.57 Å². The van der Waals surface area contributed by atoms with Crippen molar-refractivity contribution < 1.29 is 9.18 Å². The summed E-state index contributed by atoms with van der Waals surface area (Å²) in [7, 11) is 0. The summed E-state index contributed by atoms with van der Waals surface area (Å²) in [6.07, 6.45) is 1.64. The van der Waals surface area contributed by atoms with Gasteiger partial charge in [-0.2, -0.15) is 4.99 Å². The molecule has 6 nitrogen and oxygen atoms in total. The minimum absolute atomic E-state index is 0.0395. The van der Waals surface area contributed by atoms with E-state index in [-0.39, 0.29) is 17.4 Å². The maximum Gasteiger partial charge on any atom is 0.275 e. The van der Waals surface area contributed by atoms with Crippen molar-refractivity contribution in [2.24, 2.45) is 22.2 Å². The number of amidine groups is 1. The van der Waals surface area contributed by atoms with Crippen LogP contribution in [-0.4, -0.2) is 17.7 Å².